The number of amides is 2. The Morgan fingerprint density at radius 2 is 2.08 bits per heavy atom. The second-order valence-corrected chi connectivity index (χ2v) is 8.74. The number of hydrogen-bond donors (Lipinski definition) is 2. The monoisotopic (exact) mass is 365 g/mol. The second kappa shape index (κ2) is 6.42. The average molecular weight is 365 g/mol. The van der Waals surface area contributed by atoms with E-state index in [2.05, 4.69) is 17.6 Å². The summed E-state index contributed by atoms with van der Waals surface area (Å²) in [6, 6.07) is 3.83. The maximum absolute atomic E-state index is 12.6. The Balaban J connectivity index is 1.89. The van der Waals surface area contributed by atoms with Gasteiger partial charge in [-0.3, -0.25) is 9.59 Å². The highest BCUT2D eigenvalue weighted by atomic mass is 32.2. The number of sulfonamides is 1. The van der Waals surface area contributed by atoms with Crippen molar-refractivity contribution >= 4 is 21.8 Å². The van der Waals surface area contributed by atoms with Gasteiger partial charge in [-0.15, -0.1) is 0 Å². The maximum atomic E-state index is 12.6. The summed E-state index contributed by atoms with van der Waals surface area (Å²) in [5.41, 5.74) is 0.381. The minimum Gasteiger partial charge on any atom is -0.349 e. The first-order valence-electron chi connectivity index (χ1n) is 8.48. The highest BCUT2D eigenvalue weighted by molar-refractivity contribution is 7.90. The van der Waals surface area contributed by atoms with Gasteiger partial charge >= 0.3 is 0 Å². The van der Waals surface area contributed by atoms with Crippen LogP contribution in [-0.2, 0) is 10.0 Å². The van der Waals surface area contributed by atoms with Crippen molar-refractivity contribution in [2.24, 2.45) is 5.92 Å². The van der Waals surface area contributed by atoms with Crippen molar-refractivity contribution in [3.8, 4) is 0 Å². The lowest BCUT2D eigenvalue weighted by molar-refractivity contribution is 0.0844. The number of piperidine rings is 1. The van der Waals surface area contributed by atoms with Crippen molar-refractivity contribution in [2.45, 2.75) is 44.2 Å². The summed E-state index contributed by atoms with van der Waals surface area (Å²) in [5.74, 6) is -0.551. The fourth-order valence-electron chi connectivity index (χ4n) is 3.38. The van der Waals surface area contributed by atoms with Crippen LogP contribution in [0, 0.1) is 5.92 Å². The average Bonchev–Trinajstić information content (AvgIpc) is 2.75. The van der Waals surface area contributed by atoms with E-state index in [1.54, 1.807) is 13.8 Å². The highest BCUT2D eigenvalue weighted by Gasteiger charge is 2.43. The van der Waals surface area contributed by atoms with Crippen molar-refractivity contribution < 1.29 is 18.0 Å². The third-order valence-corrected chi connectivity index (χ3v) is 6.78. The standard InChI is InChI=1S/C17H23N3O4S/c1-10(2)20-17(22)13-5-4-12(8-15(13)25(20,23)24)16(21)19-14-6-7-18-9-11(14)3/h4-5,8,10-11,14,18H,6-7,9H2,1-3H3,(H,19,21). The molecule has 2 aliphatic heterocycles. The van der Waals surface area contributed by atoms with E-state index in [0.29, 0.717) is 5.92 Å². The number of nitrogens with one attached hydrogen (secondary N) is 2. The van der Waals surface area contributed by atoms with Gasteiger partial charge in [0.25, 0.3) is 21.8 Å². The number of hydrogen-bond acceptors (Lipinski definition) is 5. The van der Waals surface area contributed by atoms with E-state index in [0.717, 1.165) is 23.8 Å². The molecule has 2 aliphatic rings. The van der Waals surface area contributed by atoms with Gasteiger partial charge in [0.15, 0.2) is 0 Å². The molecule has 0 bridgehead atoms. The first-order valence-corrected chi connectivity index (χ1v) is 9.92. The van der Waals surface area contributed by atoms with Gasteiger partial charge in [-0.1, -0.05) is 6.92 Å². The van der Waals surface area contributed by atoms with Crippen LogP contribution in [0.4, 0.5) is 0 Å². The van der Waals surface area contributed by atoms with Crippen LogP contribution in [0.15, 0.2) is 23.1 Å². The molecule has 7 nitrogen and oxygen atoms in total. The molecule has 2 N–H and O–H groups in total. The predicted octanol–water partition coefficient (Wildman–Crippen LogP) is 0.967. The second-order valence-electron chi connectivity index (χ2n) is 6.96. The van der Waals surface area contributed by atoms with Crippen LogP contribution in [-0.4, -0.2) is 49.7 Å². The summed E-state index contributed by atoms with van der Waals surface area (Å²) >= 11 is 0. The lowest BCUT2D eigenvalue weighted by Gasteiger charge is -2.30. The van der Waals surface area contributed by atoms with Crippen LogP contribution in [0.25, 0.3) is 0 Å². The van der Waals surface area contributed by atoms with Gasteiger partial charge in [-0.25, -0.2) is 12.7 Å². The van der Waals surface area contributed by atoms with E-state index in [1.807, 2.05) is 0 Å². The van der Waals surface area contributed by atoms with Gasteiger partial charge in [0.2, 0.25) is 0 Å². The van der Waals surface area contributed by atoms with E-state index >= 15 is 0 Å². The number of carbonyl (C=O) groups is 2. The fraction of sp³-hybridized carbons (Fsp3) is 0.529. The number of fused-ring (bicyclic) bond motifs is 1. The number of benzene rings is 1. The van der Waals surface area contributed by atoms with Crippen LogP contribution in [0.3, 0.4) is 0 Å². The quantitative estimate of drug-likeness (QED) is 0.832. The van der Waals surface area contributed by atoms with Crippen LogP contribution in [0.2, 0.25) is 0 Å². The van der Waals surface area contributed by atoms with Crippen LogP contribution in [0.5, 0.6) is 0 Å². The van der Waals surface area contributed by atoms with Gasteiger partial charge in [0.1, 0.15) is 4.90 Å². The summed E-state index contributed by atoms with van der Waals surface area (Å²) in [4.78, 5) is 24.8. The van der Waals surface area contributed by atoms with E-state index in [1.165, 1.54) is 18.2 Å². The lowest BCUT2D eigenvalue weighted by Crippen LogP contribution is -2.48. The molecule has 8 heteroatoms. The summed E-state index contributed by atoms with van der Waals surface area (Å²) in [6.45, 7) is 7.03. The van der Waals surface area contributed by atoms with E-state index in [4.69, 9.17) is 0 Å². The van der Waals surface area contributed by atoms with Crippen molar-refractivity contribution in [2.75, 3.05) is 13.1 Å². The van der Waals surface area contributed by atoms with Gasteiger partial charge in [-0.2, -0.15) is 0 Å². The molecule has 0 aliphatic carbocycles. The van der Waals surface area contributed by atoms with Crippen molar-refractivity contribution in [3.05, 3.63) is 29.3 Å². The molecule has 0 aromatic heterocycles. The summed E-state index contributed by atoms with van der Waals surface area (Å²) in [6.07, 6.45) is 0.829. The van der Waals surface area contributed by atoms with Gasteiger partial charge in [0, 0.05) is 17.6 Å². The molecule has 25 heavy (non-hydrogen) atoms. The molecule has 2 amide bonds. The zero-order valence-electron chi connectivity index (χ0n) is 14.6. The Morgan fingerprint density at radius 1 is 1.36 bits per heavy atom. The zero-order valence-corrected chi connectivity index (χ0v) is 15.4. The molecular weight excluding hydrogens is 342 g/mol. The normalized spacial score (nSPS) is 25.1. The Kier molecular flexibility index (Phi) is 4.59. The summed E-state index contributed by atoms with van der Waals surface area (Å²) < 4.78 is 26.1. The minimum absolute atomic E-state index is 0.0485. The third-order valence-electron chi connectivity index (χ3n) is 4.78. The fourth-order valence-corrected chi connectivity index (χ4v) is 5.17. The van der Waals surface area contributed by atoms with Gasteiger partial charge < -0.3 is 10.6 Å². The largest absolute Gasteiger partial charge is 0.349 e. The smallest absolute Gasteiger partial charge is 0.269 e. The minimum atomic E-state index is -3.90. The van der Waals surface area contributed by atoms with E-state index in [9.17, 15) is 18.0 Å². The molecule has 1 saturated heterocycles. The highest BCUT2D eigenvalue weighted by Crippen LogP contribution is 2.32. The molecule has 0 saturated carbocycles. The first kappa shape index (κ1) is 17.9. The summed E-state index contributed by atoms with van der Waals surface area (Å²) in [5, 5.41) is 6.25. The molecule has 0 spiro atoms. The molecule has 0 radical (unpaired) electrons. The van der Waals surface area contributed by atoms with Crippen LogP contribution < -0.4 is 10.6 Å². The van der Waals surface area contributed by atoms with E-state index < -0.39 is 22.0 Å². The Morgan fingerprint density at radius 3 is 2.72 bits per heavy atom. The van der Waals surface area contributed by atoms with Crippen molar-refractivity contribution in [3.63, 3.8) is 0 Å². The van der Waals surface area contributed by atoms with Gasteiger partial charge in [0.05, 0.1) is 5.56 Å². The predicted molar refractivity (Wildman–Crippen MR) is 92.8 cm³/mol. The third kappa shape index (κ3) is 3.04. The summed E-state index contributed by atoms with van der Waals surface area (Å²) in [7, 11) is -3.90. The van der Waals surface area contributed by atoms with Crippen LogP contribution >= 0.6 is 0 Å². The van der Waals surface area contributed by atoms with Crippen molar-refractivity contribution in [1.82, 2.24) is 14.9 Å². The van der Waals surface area contributed by atoms with E-state index in [-0.39, 0.29) is 28.0 Å². The molecular formula is C17H23N3O4S. The molecule has 3 rings (SSSR count). The Bertz CT molecular complexity index is 819. The molecule has 2 unspecified atom stereocenters. The zero-order chi connectivity index (χ0) is 18.4. The lowest BCUT2D eigenvalue weighted by atomic mass is 9.95. The maximum Gasteiger partial charge on any atom is 0.269 e. The molecule has 1 fully saturated rings. The number of nitrogens with zero attached hydrogens (tertiary/aromatic N) is 1. The number of rotatable bonds is 3. The molecule has 2 heterocycles. The molecule has 1 aromatic carbocycles. The van der Waals surface area contributed by atoms with Crippen molar-refractivity contribution in [1.29, 1.82) is 0 Å². The Labute approximate surface area is 147 Å². The molecule has 1 aromatic rings. The SMILES string of the molecule is CC1CNCCC1NC(=O)c1ccc2c(c1)S(=O)(=O)N(C(C)C)C2=O. The topological polar surface area (TPSA) is 95.6 Å². The Hall–Kier alpha value is -1.93. The molecule has 136 valence electrons. The molecule has 2 atom stereocenters. The first-order chi connectivity index (χ1) is 11.7. The van der Waals surface area contributed by atoms with Crippen LogP contribution in [0.1, 0.15) is 47.9 Å². The van der Waals surface area contributed by atoms with Gasteiger partial charge in [-0.05, 0) is 57.5 Å². The number of carbonyl (C=O) groups excluding carboxylic acids is 2.